The van der Waals surface area contributed by atoms with Crippen LogP contribution < -0.4 is 5.32 Å². The number of amides is 1. The second-order valence-corrected chi connectivity index (χ2v) is 4.90. The summed E-state index contributed by atoms with van der Waals surface area (Å²) in [6.45, 7) is 5.28. The quantitative estimate of drug-likeness (QED) is 0.797. The lowest BCUT2D eigenvalue weighted by Crippen LogP contribution is -2.28. The van der Waals surface area contributed by atoms with Crippen molar-refractivity contribution in [1.82, 2.24) is 4.98 Å². The Morgan fingerprint density at radius 3 is 2.35 bits per heavy atom. The van der Waals surface area contributed by atoms with Crippen LogP contribution >= 0.6 is 11.6 Å². The molecule has 0 aromatic carbocycles. The van der Waals surface area contributed by atoms with Gasteiger partial charge in [0.25, 0.3) is 0 Å². The van der Waals surface area contributed by atoms with E-state index in [1.807, 2.05) is 0 Å². The first-order valence-corrected chi connectivity index (χ1v) is 5.31. The predicted octanol–water partition coefficient (Wildman–Crippen LogP) is 2.42. The van der Waals surface area contributed by atoms with Crippen molar-refractivity contribution in [3.8, 4) is 0 Å². The van der Waals surface area contributed by atoms with Gasteiger partial charge < -0.3 is 10.4 Å². The second-order valence-electron chi connectivity index (χ2n) is 4.54. The van der Waals surface area contributed by atoms with E-state index >= 15 is 0 Å². The van der Waals surface area contributed by atoms with Crippen LogP contribution in [0.15, 0.2) is 12.1 Å². The fourth-order valence-corrected chi connectivity index (χ4v) is 1.20. The standard InChI is InChI=1S/C11H13ClN2O3/c1-11(2,3)10(17)14-7-5-4-6(9(15)16)8(12)13-7/h4-5H,1-3H3,(H,15,16)(H,13,14,17). The van der Waals surface area contributed by atoms with E-state index in [0.29, 0.717) is 0 Å². The Kier molecular flexibility index (Phi) is 3.72. The van der Waals surface area contributed by atoms with Gasteiger partial charge in [0.15, 0.2) is 0 Å². The Hall–Kier alpha value is -1.62. The highest BCUT2D eigenvalue weighted by Crippen LogP contribution is 2.19. The molecule has 0 bridgehead atoms. The highest BCUT2D eigenvalue weighted by molar-refractivity contribution is 6.32. The maximum absolute atomic E-state index is 11.7. The zero-order chi connectivity index (χ0) is 13.2. The molecule has 2 N–H and O–H groups in total. The van der Waals surface area contributed by atoms with E-state index in [2.05, 4.69) is 10.3 Å². The van der Waals surface area contributed by atoms with Crippen LogP contribution in [0, 0.1) is 5.41 Å². The van der Waals surface area contributed by atoms with Gasteiger partial charge in [-0.3, -0.25) is 4.79 Å². The summed E-state index contributed by atoms with van der Waals surface area (Å²) < 4.78 is 0. The molecular weight excluding hydrogens is 244 g/mol. The van der Waals surface area contributed by atoms with Gasteiger partial charge in [0, 0.05) is 5.41 Å². The lowest BCUT2D eigenvalue weighted by Gasteiger charge is -2.17. The molecule has 0 unspecified atom stereocenters. The monoisotopic (exact) mass is 256 g/mol. The number of aromatic carboxylic acids is 1. The van der Waals surface area contributed by atoms with Crippen LogP contribution in [0.5, 0.6) is 0 Å². The van der Waals surface area contributed by atoms with Crippen molar-refractivity contribution in [3.05, 3.63) is 22.8 Å². The Morgan fingerprint density at radius 1 is 1.35 bits per heavy atom. The van der Waals surface area contributed by atoms with Crippen LogP contribution in [-0.2, 0) is 4.79 Å². The molecule has 92 valence electrons. The number of aromatic nitrogens is 1. The van der Waals surface area contributed by atoms with Gasteiger partial charge in [-0.25, -0.2) is 9.78 Å². The van der Waals surface area contributed by atoms with E-state index < -0.39 is 11.4 Å². The molecule has 0 atom stereocenters. The molecule has 17 heavy (non-hydrogen) atoms. The Bertz CT molecular complexity index is 466. The minimum Gasteiger partial charge on any atom is -0.478 e. The summed E-state index contributed by atoms with van der Waals surface area (Å²) in [6.07, 6.45) is 0. The van der Waals surface area contributed by atoms with Gasteiger partial charge in [-0.05, 0) is 12.1 Å². The number of carboxylic acids is 1. The lowest BCUT2D eigenvalue weighted by atomic mass is 9.96. The summed E-state index contributed by atoms with van der Waals surface area (Å²) >= 11 is 5.68. The average molecular weight is 257 g/mol. The number of nitrogens with zero attached hydrogens (tertiary/aromatic N) is 1. The van der Waals surface area contributed by atoms with E-state index in [-0.39, 0.29) is 22.4 Å². The van der Waals surface area contributed by atoms with Crippen molar-refractivity contribution < 1.29 is 14.7 Å². The van der Waals surface area contributed by atoms with Gasteiger partial charge in [-0.15, -0.1) is 0 Å². The molecule has 0 aliphatic rings. The summed E-state index contributed by atoms with van der Waals surface area (Å²) in [7, 11) is 0. The van der Waals surface area contributed by atoms with Crippen LogP contribution in [0.25, 0.3) is 0 Å². The zero-order valence-electron chi connectivity index (χ0n) is 9.74. The molecule has 0 aliphatic heterocycles. The maximum Gasteiger partial charge on any atom is 0.338 e. The third-order valence-corrected chi connectivity index (χ3v) is 2.29. The Labute approximate surface area is 104 Å². The molecule has 0 radical (unpaired) electrons. The van der Waals surface area contributed by atoms with Gasteiger partial charge >= 0.3 is 5.97 Å². The zero-order valence-corrected chi connectivity index (χ0v) is 10.5. The minimum absolute atomic E-state index is 0.0968. The molecule has 0 saturated heterocycles. The first-order chi connectivity index (χ1) is 7.71. The molecule has 1 amide bonds. The summed E-state index contributed by atoms with van der Waals surface area (Å²) in [5.74, 6) is -1.14. The molecule has 0 saturated carbocycles. The van der Waals surface area contributed by atoms with Crippen LogP contribution in [0.1, 0.15) is 31.1 Å². The van der Waals surface area contributed by atoms with Crippen LogP contribution in [0.3, 0.4) is 0 Å². The van der Waals surface area contributed by atoms with E-state index in [0.717, 1.165) is 0 Å². The number of halogens is 1. The van der Waals surface area contributed by atoms with Crippen LogP contribution in [-0.4, -0.2) is 22.0 Å². The second kappa shape index (κ2) is 4.71. The van der Waals surface area contributed by atoms with E-state index in [9.17, 15) is 9.59 Å². The Morgan fingerprint density at radius 2 is 1.94 bits per heavy atom. The van der Waals surface area contributed by atoms with Gasteiger partial charge in [0.05, 0.1) is 5.56 Å². The average Bonchev–Trinajstić information content (AvgIpc) is 2.15. The number of hydrogen-bond acceptors (Lipinski definition) is 3. The Balaban J connectivity index is 2.92. The highest BCUT2D eigenvalue weighted by atomic mass is 35.5. The van der Waals surface area contributed by atoms with Gasteiger partial charge in [-0.2, -0.15) is 0 Å². The molecule has 1 heterocycles. The molecule has 1 rings (SSSR count). The summed E-state index contributed by atoms with van der Waals surface area (Å²) in [6, 6.07) is 2.70. The number of carbonyl (C=O) groups is 2. The number of hydrogen-bond donors (Lipinski definition) is 2. The number of carboxylic acid groups (broad SMARTS) is 1. The van der Waals surface area contributed by atoms with Crippen molar-refractivity contribution in [1.29, 1.82) is 0 Å². The van der Waals surface area contributed by atoms with E-state index in [1.54, 1.807) is 20.8 Å². The third-order valence-electron chi connectivity index (χ3n) is 2.00. The van der Waals surface area contributed by atoms with Crippen LogP contribution in [0.2, 0.25) is 5.15 Å². The number of anilines is 1. The molecular formula is C11H13ClN2O3. The smallest absolute Gasteiger partial charge is 0.338 e. The fraction of sp³-hybridized carbons (Fsp3) is 0.364. The number of pyridine rings is 1. The first-order valence-electron chi connectivity index (χ1n) is 4.93. The molecule has 0 aliphatic carbocycles. The molecule has 6 heteroatoms. The lowest BCUT2D eigenvalue weighted by molar-refractivity contribution is -0.123. The predicted molar refractivity (Wildman–Crippen MR) is 64.3 cm³/mol. The molecule has 1 aromatic rings. The minimum atomic E-state index is -1.16. The topological polar surface area (TPSA) is 79.3 Å². The normalized spacial score (nSPS) is 11.1. The first kappa shape index (κ1) is 13.4. The SMILES string of the molecule is CC(C)(C)C(=O)Nc1ccc(C(=O)O)c(Cl)n1. The molecule has 0 fully saturated rings. The summed E-state index contributed by atoms with van der Waals surface area (Å²) in [5.41, 5.74) is -0.653. The molecule has 5 nitrogen and oxygen atoms in total. The number of carbonyl (C=O) groups excluding carboxylic acids is 1. The van der Waals surface area contributed by atoms with Gasteiger partial charge in [0.2, 0.25) is 5.91 Å². The van der Waals surface area contributed by atoms with Gasteiger partial charge in [0.1, 0.15) is 11.0 Å². The summed E-state index contributed by atoms with van der Waals surface area (Å²) in [4.78, 5) is 26.2. The maximum atomic E-state index is 11.7. The van der Waals surface area contributed by atoms with Crippen molar-refractivity contribution in [2.24, 2.45) is 5.41 Å². The number of nitrogens with one attached hydrogen (secondary N) is 1. The largest absolute Gasteiger partial charge is 0.478 e. The summed E-state index contributed by atoms with van der Waals surface area (Å²) in [5, 5.41) is 11.2. The fourth-order valence-electron chi connectivity index (χ4n) is 0.967. The van der Waals surface area contributed by atoms with Crippen LogP contribution in [0.4, 0.5) is 5.82 Å². The van der Waals surface area contributed by atoms with E-state index in [4.69, 9.17) is 16.7 Å². The van der Waals surface area contributed by atoms with Crippen molar-refractivity contribution in [2.75, 3.05) is 5.32 Å². The van der Waals surface area contributed by atoms with Crippen molar-refractivity contribution in [3.63, 3.8) is 0 Å². The number of rotatable bonds is 2. The van der Waals surface area contributed by atoms with Gasteiger partial charge in [-0.1, -0.05) is 32.4 Å². The van der Waals surface area contributed by atoms with E-state index in [1.165, 1.54) is 12.1 Å². The highest BCUT2D eigenvalue weighted by Gasteiger charge is 2.22. The molecule has 1 aromatic heterocycles. The third kappa shape index (κ3) is 3.42. The van der Waals surface area contributed by atoms with Crippen molar-refractivity contribution in [2.45, 2.75) is 20.8 Å². The van der Waals surface area contributed by atoms with Crippen molar-refractivity contribution >= 4 is 29.3 Å². The molecule has 0 spiro atoms.